The predicted octanol–water partition coefficient (Wildman–Crippen LogP) is 2.06. The first kappa shape index (κ1) is 15.3. The van der Waals surface area contributed by atoms with Crippen LogP contribution < -0.4 is 5.32 Å². The van der Waals surface area contributed by atoms with Crippen LogP contribution in [0.15, 0.2) is 24.3 Å². The highest BCUT2D eigenvalue weighted by atomic mass is 19.3. The van der Waals surface area contributed by atoms with Crippen LogP contribution in [0.5, 0.6) is 0 Å². The lowest BCUT2D eigenvalue weighted by atomic mass is 9.75. The Balaban J connectivity index is 2.18. The molecular weight excluding hydrogens is 285 g/mol. The van der Waals surface area contributed by atoms with Gasteiger partial charge in [-0.3, -0.25) is 4.79 Å². The smallest absolute Gasteiger partial charge is 0.352 e. The van der Waals surface area contributed by atoms with E-state index >= 15 is 0 Å². The summed E-state index contributed by atoms with van der Waals surface area (Å²) in [5, 5.41) is 20.4. The van der Waals surface area contributed by atoms with Gasteiger partial charge in [0, 0.05) is 5.56 Å². The highest BCUT2D eigenvalue weighted by Crippen LogP contribution is 2.44. The molecule has 0 spiro atoms. The second-order valence-corrected chi connectivity index (χ2v) is 5.02. The highest BCUT2D eigenvalue weighted by molar-refractivity contribution is 5.85. The number of hydrogen-bond donors (Lipinski definition) is 2. The van der Waals surface area contributed by atoms with Crippen molar-refractivity contribution in [2.45, 2.75) is 36.8 Å². The number of amides is 1. The first-order valence-electron chi connectivity index (χ1n) is 6.37. The summed E-state index contributed by atoms with van der Waals surface area (Å²) in [4.78, 5) is 11.7. The van der Waals surface area contributed by atoms with E-state index in [9.17, 15) is 23.1 Å². The molecule has 0 radical (unpaired) electrons. The van der Waals surface area contributed by atoms with E-state index in [0.29, 0.717) is 6.42 Å². The Morgan fingerprint density at radius 3 is 2.52 bits per heavy atom. The van der Waals surface area contributed by atoms with Gasteiger partial charge in [-0.25, -0.2) is 4.39 Å². The Bertz CT molecular complexity index is 594. The molecule has 21 heavy (non-hydrogen) atoms. The molecule has 1 saturated carbocycles. The van der Waals surface area contributed by atoms with Gasteiger partial charge in [0.15, 0.2) is 0 Å². The van der Waals surface area contributed by atoms with Gasteiger partial charge in [0.2, 0.25) is 0 Å². The molecular formula is C14H13F3N2O2. The molecule has 4 nitrogen and oxygen atoms in total. The number of carbonyl (C=O) groups is 1. The molecule has 0 bridgehead atoms. The number of rotatable bonds is 4. The summed E-state index contributed by atoms with van der Waals surface area (Å²) in [7, 11) is 0. The van der Waals surface area contributed by atoms with Crippen LogP contribution in [0.2, 0.25) is 0 Å². The van der Waals surface area contributed by atoms with E-state index < -0.39 is 29.3 Å². The van der Waals surface area contributed by atoms with Gasteiger partial charge in [-0.15, -0.1) is 0 Å². The Kier molecular flexibility index (Phi) is 3.92. The van der Waals surface area contributed by atoms with Gasteiger partial charge in [0.25, 0.3) is 5.91 Å². The van der Waals surface area contributed by atoms with Gasteiger partial charge in [0.1, 0.15) is 17.5 Å². The average molecular weight is 298 g/mol. The molecule has 1 aliphatic rings. The molecule has 1 aliphatic carbocycles. The molecule has 0 saturated heterocycles. The maximum Gasteiger partial charge on any atom is 0.352 e. The summed E-state index contributed by atoms with van der Waals surface area (Å²) in [6.45, 7) is 0. The SMILES string of the molecule is N#CC(NC(=O)C(F)(F)C1(O)CCC1)c1ccccc1F. The van der Waals surface area contributed by atoms with Gasteiger partial charge < -0.3 is 10.4 Å². The number of nitriles is 1. The zero-order chi connectivity index (χ0) is 15.7. The van der Waals surface area contributed by atoms with Crippen molar-refractivity contribution in [1.82, 2.24) is 5.32 Å². The number of benzene rings is 1. The van der Waals surface area contributed by atoms with E-state index in [0.717, 1.165) is 6.07 Å². The third-order valence-corrected chi connectivity index (χ3v) is 3.67. The van der Waals surface area contributed by atoms with Crippen molar-refractivity contribution in [1.29, 1.82) is 5.26 Å². The lowest BCUT2D eigenvalue weighted by Crippen LogP contribution is -2.60. The van der Waals surface area contributed by atoms with Crippen molar-refractivity contribution >= 4 is 5.91 Å². The summed E-state index contributed by atoms with van der Waals surface area (Å²) in [6, 6.07) is 5.09. The van der Waals surface area contributed by atoms with Gasteiger partial charge >= 0.3 is 5.92 Å². The molecule has 1 atom stereocenters. The van der Waals surface area contributed by atoms with Gasteiger partial charge in [-0.1, -0.05) is 18.2 Å². The van der Waals surface area contributed by atoms with Crippen molar-refractivity contribution in [3.8, 4) is 6.07 Å². The number of hydrogen-bond acceptors (Lipinski definition) is 3. The second kappa shape index (κ2) is 5.37. The monoisotopic (exact) mass is 298 g/mol. The number of alkyl halides is 2. The van der Waals surface area contributed by atoms with Crippen LogP contribution in [0.25, 0.3) is 0 Å². The Morgan fingerprint density at radius 2 is 2.05 bits per heavy atom. The fourth-order valence-electron chi connectivity index (χ4n) is 2.15. The molecule has 1 aromatic carbocycles. The Labute approximate surface area is 119 Å². The largest absolute Gasteiger partial charge is 0.383 e. The lowest BCUT2D eigenvalue weighted by Gasteiger charge is -2.41. The van der Waals surface area contributed by atoms with E-state index in [-0.39, 0.29) is 18.4 Å². The quantitative estimate of drug-likeness (QED) is 0.893. The number of nitrogens with one attached hydrogen (secondary N) is 1. The fraction of sp³-hybridized carbons (Fsp3) is 0.429. The molecule has 2 rings (SSSR count). The minimum atomic E-state index is -4.02. The normalized spacial score (nSPS) is 18.2. The van der Waals surface area contributed by atoms with Crippen molar-refractivity contribution < 1.29 is 23.1 Å². The Hall–Kier alpha value is -2.07. The molecule has 1 amide bonds. The van der Waals surface area contributed by atoms with Crippen LogP contribution in [0.4, 0.5) is 13.2 Å². The van der Waals surface area contributed by atoms with Gasteiger partial charge in [-0.05, 0) is 25.3 Å². The van der Waals surface area contributed by atoms with Gasteiger partial charge in [-0.2, -0.15) is 14.0 Å². The number of nitrogens with zero attached hydrogens (tertiary/aromatic N) is 1. The van der Waals surface area contributed by atoms with Crippen LogP contribution in [0.3, 0.4) is 0 Å². The van der Waals surface area contributed by atoms with Crippen molar-refractivity contribution in [2.75, 3.05) is 0 Å². The number of halogens is 3. The van der Waals surface area contributed by atoms with Crippen LogP contribution in [-0.2, 0) is 4.79 Å². The molecule has 1 fully saturated rings. The van der Waals surface area contributed by atoms with Crippen LogP contribution >= 0.6 is 0 Å². The number of carbonyl (C=O) groups excluding carboxylic acids is 1. The molecule has 1 unspecified atom stereocenters. The third kappa shape index (κ3) is 2.59. The van der Waals surface area contributed by atoms with E-state index in [1.165, 1.54) is 18.2 Å². The Morgan fingerprint density at radius 1 is 1.43 bits per heavy atom. The van der Waals surface area contributed by atoms with Crippen molar-refractivity contribution in [3.63, 3.8) is 0 Å². The summed E-state index contributed by atoms with van der Waals surface area (Å²) >= 11 is 0. The van der Waals surface area contributed by atoms with E-state index in [2.05, 4.69) is 0 Å². The first-order chi connectivity index (χ1) is 9.82. The summed E-state index contributed by atoms with van der Waals surface area (Å²) in [5.74, 6) is -6.58. The maximum atomic E-state index is 13.9. The maximum absolute atomic E-state index is 13.9. The van der Waals surface area contributed by atoms with E-state index in [1.54, 1.807) is 11.4 Å². The summed E-state index contributed by atoms with van der Waals surface area (Å²) in [6.07, 6.45) is 0.0169. The molecule has 112 valence electrons. The fourth-order valence-corrected chi connectivity index (χ4v) is 2.15. The number of aliphatic hydroxyl groups is 1. The first-order valence-corrected chi connectivity index (χ1v) is 6.37. The topological polar surface area (TPSA) is 73.1 Å². The lowest BCUT2D eigenvalue weighted by molar-refractivity contribution is -0.216. The molecule has 0 aromatic heterocycles. The average Bonchev–Trinajstić information content (AvgIpc) is 2.42. The molecule has 2 N–H and O–H groups in total. The van der Waals surface area contributed by atoms with Crippen LogP contribution in [0, 0.1) is 17.1 Å². The third-order valence-electron chi connectivity index (χ3n) is 3.67. The summed E-state index contributed by atoms with van der Waals surface area (Å²) < 4.78 is 41.3. The highest BCUT2D eigenvalue weighted by Gasteiger charge is 2.61. The van der Waals surface area contributed by atoms with Crippen LogP contribution in [0.1, 0.15) is 30.9 Å². The molecule has 0 aliphatic heterocycles. The van der Waals surface area contributed by atoms with Crippen LogP contribution in [-0.4, -0.2) is 22.5 Å². The molecule has 0 heterocycles. The zero-order valence-electron chi connectivity index (χ0n) is 10.9. The standard InChI is InChI=1S/C14H13F3N2O2/c15-10-5-2-1-4-9(10)11(8-18)19-12(20)14(16,17)13(21)6-3-7-13/h1-2,4-5,11,21H,3,6-7H2,(H,19,20). The van der Waals surface area contributed by atoms with Crippen molar-refractivity contribution in [2.24, 2.45) is 0 Å². The minimum absolute atomic E-state index is 0.190. The predicted molar refractivity (Wildman–Crippen MR) is 66.6 cm³/mol. The molecule has 1 aromatic rings. The molecule has 7 heteroatoms. The van der Waals surface area contributed by atoms with Crippen molar-refractivity contribution in [3.05, 3.63) is 35.6 Å². The van der Waals surface area contributed by atoms with E-state index in [1.807, 2.05) is 0 Å². The minimum Gasteiger partial charge on any atom is -0.383 e. The second-order valence-electron chi connectivity index (χ2n) is 5.02. The van der Waals surface area contributed by atoms with Gasteiger partial charge in [0.05, 0.1) is 6.07 Å². The summed E-state index contributed by atoms with van der Waals surface area (Å²) in [5.41, 5.74) is -2.59. The van der Waals surface area contributed by atoms with E-state index in [4.69, 9.17) is 5.26 Å². The zero-order valence-corrected chi connectivity index (χ0v) is 10.9.